The molecule has 0 saturated carbocycles. The van der Waals surface area contributed by atoms with E-state index in [-0.39, 0.29) is 24.1 Å². The average Bonchev–Trinajstić information content (AvgIpc) is 3.46. The summed E-state index contributed by atoms with van der Waals surface area (Å²) in [5, 5.41) is 15.5. The third-order valence-electron chi connectivity index (χ3n) is 7.56. The molecule has 2 bridgehead atoms. The maximum absolute atomic E-state index is 13.2. The lowest BCUT2D eigenvalue weighted by Crippen LogP contribution is -2.52. The quantitative estimate of drug-likeness (QED) is 0.678. The number of hydrogen-bond acceptors (Lipinski definition) is 4. The Balaban J connectivity index is 1.19. The summed E-state index contributed by atoms with van der Waals surface area (Å²) in [7, 11) is 1.85. The molecular weight excluding hydrogens is 402 g/mol. The van der Waals surface area contributed by atoms with Gasteiger partial charge in [-0.1, -0.05) is 48.5 Å². The predicted molar refractivity (Wildman–Crippen MR) is 120 cm³/mol. The van der Waals surface area contributed by atoms with Crippen LogP contribution in [0.25, 0.3) is 11.1 Å². The standard InChI is InChI=1S/C26H27N3O3/c1-28-15-17(14-27-28)26(31)12-18-10-11-19(13-26)29(18)25(30)32-16-24-22-8-4-2-6-20(22)21-7-3-5-9-23(21)24/h2-9,14-15,18-19,24,31H,10-13,16H2,1H3. The summed E-state index contributed by atoms with van der Waals surface area (Å²) in [6.07, 6.45) is 6.21. The van der Waals surface area contributed by atoms with Gasteiger partial charge in [0.1, 0.15) is 6.61 Å². The molecule has 1 aliphatic carbocycles. The summed E-state index contributed by atoms with van der Waals surface area (Å²) in [6, 6.07) is 16.7. The number of aromatic nitrogens is 2. The van der Waals surface area contributed by atoms with Crippen LogP contribution in [0.2, 0.25) is 0 Å². The smallest absolute Gasteiger partial charge is 0.410 e. The van der Waals surface area contributed by atoms with Gasteiger partial charge in [-0.2, -0.15) is 5.10 Å². The Labute approximate surface area is 187 Å². The number of carbonyl (C=O) groups excluding carboxylic acids is 1. The van der Waals surface area contributed by atoms with Crippen molar-refractivity contribution in [2.45, 2.75) is 49.3 Å². The van der Waals surface area contributed by atoms with Gasteiger partial charge in [-0.3, -0.25) is 4.68 Å². The van der Waals surface area contributed by atoms with Gasteiger partial charge in [-0.25, -0.2) is 4.79 Å². The summed E-state index contributed by atoms with van der Waals surface area (Å²) in [4.78, 5) is 15.1. The molecule has 164 valence electrons. The van der Waals surface area contributed by atoms with Crippen LogP contribution < -0.4 is 0 Å². The number of amides is 1. The summed E-state index contributed by atoms with van der Waals surface area (Å²) in [5.74, 6) is 0.0566. The van der Waals surface area contributed by atoms with Crippen molar-refractivity contribution in [1.82, 2.24) is 14.7 Å². The van der Waals surface area contributed by atoms with Gasteiger partial charge in [-0.15, -0.1) is 0 Å². The van der Waals surface area contributed by atoms with Crippen molar-refractivity contribution in [2.24, 2.45) is 7.05 Å². The van der Waals surface area contributed by atoms with Crippen molar-refractivity contribution < 1.29 is 14.6 Å². The van der Waals surface area contributed by atoms with Crippen LogP contribution in [0.5, 0.6) is 0 Å². The van der Waals surface area contributed by atoms with Crippen molar-refractivity contribution in [3.8, 4) is 11.1 Å². The molecule has 2 saturated heterocycles. The summed E-state index contributed by atoms with van der Waals surface area (Å²) < 4.78 is 7.64. The number of piperidine rings is 1. The number of fused-ring (bicyclic) bond motifs is 5. The molecule has 3 aromatic rings. The lowest BCUT2D eigenvalue weighted by Gasteiger charge is -2.42. The second-order valence-electron chi connectivity index (χ2n) is 9.44. The fourth-order valence-corrected chi connectivity index (χ4v) is 6.09. The molecule has 1 N–H and O–H groups in total. The van der Waals surface area contributed by atoms with E-state index in [9.17, 15) is 9.90 Å². The highest BCUT2D eigenvalue weighted by molar-refractivity contribution is 5.79. The third kappa shape index (κ3) is 2.97. The van der Waals surface area contributed by atoms with E-state index in [2.05, 4.69) is 41.5 Å². The molecule has 6 rings (SSSR count). The van der Waals surface area contributed by atoms with E-state index in [0.717, 1.165) is 18.4 Å². The minimum absolute atomic E-state index is 0.00499. The lowest BCUT2D eigenvalue weighted by molar-refractivity contribution is -0.0531. The zero-order valence-corrected chi connectivity index (χ0v) is 18.1. The van der Waals surface area contributed by atoms with Crippen LogP contribution in [0.1, 0.15) is 48.3 Å². The molecule has 2 unspecified atom stereocenters. The van der Waals surface area contributed by atoms with Gasteiger partial charge in [0.2, 0.25) is 0 Å². The van der Waals surface area contributed by atoms with Gasteiger partial charge in [0.25, 0.3) is 0 Å². The van der Waals surface area contributed by atoms with E-state index in [1.165, 1.54) is 22.3 Å². The van der Waals surface area contributed by atoms with E-state index in [4.69, 9.17) is 4.74 Å². The fraction of sp³-hybridized carbons (Fsp3) is 0.385. The van der Waals surface area contributed by atoms with Crippen molar-refractivity contribution in [2.75, 3.05) is 6.61 Å². The molecule has 3 heterocycles. The molecule has 1 amide bonds. The number of hydrogen-bond donors (Lipinski definition) is 1. The first-order chi connectivity index (χ1) is 15.5. The van der Waals surface area contributed by atoms with Crippen LogP contribution in [0.4, 0.5) is 4.79 Å². The first kappa shape index (κ1) is 19.6. The Morgan fingerprint density at radius 2 is 1.66 bits per heavy atom. The van der Waals surface area contributed by atoms with E-state index in [0.29, 0.717) is 19.4 Å². The third-order valence-corrected chi connectivity index (χ3v) is 7.56. The number of rotatable bonds is 3. The van der Waals surface area contributed by atoms with Crippen molar-refractivity contribution in [3.63, 3.8) is 0 Å². The Hall–Kier alpha value is -3.12. The summed E-state index contributed by atoms with van der Waals surface area (Å²) >= 11 is 0. The second-order valence-corrected chi connectivity index (χ2v) is 9.44. The number of aryl methyl sites for hydroxylation is 1. The van der Waals surface area contributed by atoms with Crippen LogP contribution in [-0.2, 0) is 17.4 Å². The topological polar surface area (TPSA) is 67.6 Å². The van der Waals surface area contributed by atoms with Gasteiger partial charge < -0.3 is 14.7 Å². The number of nitrogens with zero attached hydrogens (tertiary/aromatic N) is 3. The fourth-order valence-electron chi connectivity index (χ4n) is 6.09. The highest BCUT2D eigenvalue weighted by Crippen LogP contribution is 2.47. The summed E-state index contributed by atoms with van der Waals surface area (Å²) in [5.41, 5.74) is 4.79. The van der Waals surface area contributed by atoms with Gasteiger partial charge in [0.15, 0.2) is 0 Å². The largest absolute Gasteiger partial charge is 0.448 e. The molecule has 2 atom stereocenters. The SMILES string of the molecule is Cn1cc(C2(O)CC3CCC(C2)N3C(=O)OCC2c3ccccc3-c3ccccc32)cn1. The minimum Gasteiger partial charge on any atom is -0.448 e. The number of aliphatic hydroxyl groups is 1. The normalized spacial score (nSPS) is 26.1. The molecule has 32 heavy (non-hydrogen) atoms. The monoisotopic (exact) mass is 429 g/mol. The zero-order valence-electron chi connectivity index (χ0n) is 18.1. The Morgan fingerprint density at radius 1 is 1.06 bits per heavy atom. The van der Waals surface area contributed by atoms with Crippen LogP contribution in [-0.4, -0.2) is 44.6 Å². The molecule has 2 fully saturated rings. The lowest BCUT2D eigenvalue weighted by atomic mass is 9.82. The number of carbonyl (C=O) groups is 1. The first-order valence-electron chi connectivity index (χ1n) is 11.4. The van der Waals surface area contributed by atoms with Crippen molar-refractivity contribution in [3.05, 3.63) is 77.6 Å². The molecule has 1 aromatic heterocycles. The van der Waals surface area contributed by atoms with Gasteiger partial charge in [0.05, 0.1) is 11.8 Å². The minimum atomic E-state index is -0.930. The van der Waals surface area contributed by atoms with E-state index < -0.39 is 5.60 Å². The van der Waals surface area contributed by atoms with Gasteiger partial charge in [-0.05, 0) is 35.1 Å². The average molecular weight is 430 g/mol. The van der Waals surface area contributed by atoms with Crippen LogP contribution in [0.3, 0.4) is 0 Å². The van der Waals surface area contributed by atoms with E-state index >= 15 is 0 Å². The van der Waals surface area contributed by atoms with Crippen molar-refractivity contribution >= 4 is 6.09 Å². The molecule has 6 heteroatoms. The van der Waals surface area contributed by atoms with E-state index in [1.807, 2.05) is 30.3 Å². The molecule has 6 nitrogen and oxygen atoms in total. The Kier molecular flexibility index (Phi) is 4.40. The highest BCUT2D eigenvalue weighted by atomic mass is 16.6. The van der Waals surface area contributed by atoms with Crippen LogP contribution in [0.15, 0.2) is 60.9 Å². The first-order valence-corrected chi connectivity index (χ1v) is 11.4. The van der Waals surface area contributed by atoms with Gasteiger partial charge >= 0.3 is 6.09 Å². The predicted octanol–water partition coefficient (Wildman–Crippen LogP) is 4.18. The Morgan fingerprint density at radius 3 is 2.22 bits per heavy atom. The number of benzene rings is 2. The van der Waals surface area contributed by atoms with E-state index in [1.54, 1.807) is 10.9 Å². The van der Waals surface area contributed by atoms with Crippen LogP contribution >= 0.6 is 0 Å². The molecular formula is C26H27N3O3. The molecule has 0 spiro atoms. The molecule has 3 aliphatic rings. The van der Waals surface area contributed by atoms with Crippen molar-refractivity contribution in [1.29, 1.82) is 0 Å². The molecule has 2 aromatic carbocycles. The number of ether oxygens (including phenoxy) is 1. The molecule has 2 aliphatic heterocycles. The Bertz CT molecular complexity index is 1130. The van der Waals surface area contributed by atoms with Crippen LogP contribution in [0, 0.1) is 0 Å². The maximum atomic E-state index is 13.2. The second kappa shape index (κ2) is 7.20. The maximum Gasteiger partial charge on any atom is 0.410 e. The zero-order chi connectivity index (χ0) is 21.9. The molecule has 0 radical (unpaired) electrons. The summed E-state index contributed by atoms with van der Waals surface area (Å²) in [6.45, 7) is 0.329. The van der Waals surface area contributed by atoms with Gasteiger partial charge in [0, 0.05) is 49.7 Å². The highest BCUT2D eigenvalue weighted by Gasteiger charge is 2.51.